The first-order valence-corrected chi connectivity index (χ1v) is 4.64. The lowest BCUT2D eigenvalue weighted by Crippen LogP contribution is -1.66. The van der Waals surface area contributed by atoms with Crippen LogP contribution in [0.4, 0.5) is 5.69 Å². The average Bonchev–Trinajstić information content (AvgIpc) is 2.67. The minimum atomic E-state index is 0.351. The maximum atomic E-state index is 10.6. The molecule has 0 amide bonds. The van der Waals surface area contributed by atoms with Crippen molar-refractivity contribution in [2.45, 2.75) is 0 Å². The fraction of sp³-hybridized carbons (Fsp3) is 0. The van der Waals surface area contributed by atoms with Gasteiger partial charge < -0.3 is 4.42 Å². The molecule has 72 valence electrons. The van der Waals surface area contributed by atoms with E-state index in [4.69, 9.17) is 4.42 Å². The summed E-state index contributed by atoms with van der Waals surface area (Å²) in [6.07, 6.45) is 0. The molecular formula is C12H7NO2. The second kappa shape index (κ2) is 2.92. The molecule has 0 bridgehead atoms. The quantitative estimate of drug-likeness (QED) is 0.553. The van der Waals surface area contributed by atoms with Crippen LogP contribution in [0.2, 0.25) is 0 Å². The number of furan rings is 1. The Bertz CT molecular complexity index is 655. The summed E-state index contributed by atoms with van der Waals surface area (Å²) in [7, 11) is 0. The molecule has 0 N–H and O–H groups in total. The zero-order valence-electron chi connectivity index (χ0n) is 7.81. The summed E-state index contributed by atoms with van der Waals surface area (Å²) < 4.78 is 5.58. The molecule has 3 heteroatoms. The highest BCUT2D eigenvalue weighted by atomic mass is 16.3. The van der Waals surface area contributed by atoms with Gasteiger partial charge in [0.05, 0.1) is 0 Å². The number of nitroso groups, excluding NO2 is 1. The van der Waals surface area contributed by atoms with Crippen molar-refractivity contribution in [3.05, 3.63) is 47.4 Å². The molecule has 3 rings (SSSR count). The molecule has 0 saturated heterocycles. The van der Waals surface area contributed by atoms with Crippen LogP contribution in [-0.4, -0.2) is 0 Å². The molecule has 1 aromatic heterocycles. The van der Waals surface area contributed by atoms with Crippen molar-refractivity contribution < 1.29 is 4.42 Å². The summed E-state index contributed by atoms with van der Waals surface area (Å²) in [6.45, 7) is 0. The van der Waals surface area contributed by atoms with Crippen molar-refractivity contribution in [2.75, 3.05) is 0 Å². The van der Waals surface area contributed by atoms with E-state index in [9.17, 15) is 4.91 Å². The summed E-state index contributed by atoms with van der Waals surface area (Å²) in [5.74, 6) is 0. The highest BCUT2D eigenvalue weighted by Crippen LogP contribution is 2.34. The van der Waals surface area contributed by atoms with Gasteiger partial charge in [0.25, 0.3) is 0 Å². The lowest BCUT2D eigenvalue weighted by Gasteiger charge is -1.89. The topological polar surface area (TPSA) is 42.6 Å². The van der Waals surface area contributed by atoms with Crippen molar-refractivity contribution >= 4 is 27.6 Å². The summed E-state index contributed by atoms with van der Waals surface area (Å²) in [5.41, 5.74) is 1.70. The fourth-order valence-corrected chi connectivity index (χ4v) is 1.80. The highest BCUT2D eigenvalue weighted by Gasteiger charge is 2.09. The van der Waals surface area contributed by atoms with Crippen LogP contribution in [0.15, 0.2) is 52.1 Å². The number of rotatable bonds is 1. The standard InChI is InChI=1S/C12H7NO2/c14-13-10-6-3-5-9-8-4-1-2-7-11(8)15-12(9)10/h1-7H. The van der Waals surface area contributed by atoms with Gasteiger partial charge in [-0.15, -0.1) is 4.91 Å². The fourth-order valence-electron chi connectivity index (χ4n) is 1.80. The average molecular weight is 197 g/mol. The van der Waals surface area contributed by atoms with Crippen molar-refractivity contribution in [3.8, 4) is 0 Å². The van der Waals surface area contributed by atoms with Gasteiger partial charge in [-0.05, 0) is 17.3 Å². The first-order chi connectivity index (χ1) is 7.40. The van der Waals surface area contributed by atoms with Crippen molar-refractivity contribution in [1.82, 2.24) is 0 Å². The largest absolute Gasteiger partial charge is 0.454 e. The van der Waals surface area contributed by atoms with E-state index in [1.807, 2.05) is 30.3 Å². The lowest BCUT2D eigenvalue weighted by molar-refractivity contribution is 0.669. The zero-order valence-corrected chi connectivity index (χ0v) is 7.81. The van der Waals surface area contributed by atoms with Crippen LogP contribution in [0, 0.1) is 4.91 Å². The van der Waals surface area contributed by atoms with E-state index in [0.29, 0.717) is 11.3 Å². The Morgan fingerprint density at radius 3 is 2.60 bits per heavy atom. The Labute approximate surface area is 85.3 Å². The molecule has 0 aliphatic rings. The Morgan fingerprint density at radius 1 is 0.933 bits per heavy atom. The van der Waals surface area contributed by atoms with Crippen LogP contribution >= 0.6 is 0 Å². The summed E-state index contributed by atoms with van der Waals surface area (Å²) in [4.78, 5) is 10.6. The van der Waals surface area contributed by atoms with Gasteiger partial charge in [0.15, 0.2) is 11.3 Å². The van der Waals surface area contributed by atoms with Crippen molar-refractivity contribution in [3.63, 3.8) is 0 Å². The third kappa shape index (κ3) is 1.06. The van der Waals surface area contributed by atoms with E-state index < -0.39 is 0 Å². The molecule has 0 radical (unpaired) electrons. The predicted molar refractivity (Wildman–Crippen MR) is 59.2 cm³/mol. The maximum absolute atomic E-state index is 10.6. The number of hydrogen-bond acceptors (Lipinski definition) is 3. The van der Waals surface area contributed by atoms with E-state index >= 15 is 0 Å². The van der Waals surface area contributed by atoms with Gasteiger partial charge in [0, 0.05) is 10.8 Å². The summed E-state index contributed by atoms with van der Waals surface area (Å²) in [5, 5.41) is 4.90. The third-order valence-electron chi connectivity index (χ3n) is 2.48. The van der Waals surface area contributed by atoms with E-state index in [2.05, 4.69) is 5.18 Å². The summed E-state index contributed by atoms with van der Waals surface area (Å²) in [6, 6.07) is 13.1. The molecule has 0 saturated carbocycles. The normalized spacial score (nSPS) is 10.9. The van der Waals surface area contributed by atoms with Crippen LogP contribution < -0.4 is 0 Å². The molecule has 0 spiro atoms. The van der Waals surface area contributed by atoms with Crippen molar-refractivity contribution in [2.24, 2.45) is 5.18 Å². The maximum Gasteiger partial charge on any atom is 0.164 e. The van der Waals surface area contributed by atoms with Crippen LogP contribution in [0.5, 0.6) is 0 Å². The second-order valence-corrected chi connectivity index (χ2v) is 3.34. The monoisotopic (exact) mass is 197 g/mol. The number of benzene rings is 2. The number of hydrogen-bond donors (Lipinski definition) is 0. The van der Waals surface area contributed by atoms with Crippen LogP contribution in [0.1, 0.15) is 0 Å². The van der Waals surface area contributed by atoms with Gasteiger partial charge in [-0.2, -0.15) is 0 Å². The number of fused-ring (bicyclic) bond motifs is 3. The lowest BCUT2D eigenvalue weighted by atomic mass is 10.1. The van der Waals surface area contributed by atoms with Crippen LogP contribution in [-0.2, 0) is 0 Å². The molecule has 0 atom stereocenters. The van der Waals surface area contributed by atoms with E-state index in [1.165, 1.54) is 0 Å². The first kappa shape index (κ1) is 8.17. The molecule has 0 aliphatic heterocycles. The molecule has 0 fully saturated rings. The van der Waals surface area contributed by atoms with Gasteiger partial charge in [-0.25, -0.2) is 0 Å². The predicted octanol–water partition coefficient (Wildman–Crippen LogP) is 3.98. The third-order valence-corrected chi connectivity index (χ3v) is 2.48. The molecule has 3 aromatic rings. The van der Waals surface area contributed by atoms with Gasteiger partial charge in [-0.3, -0.25) is 0 Å². The Hall–Kier alpha value is -2.16. The molecular weight excluding hydrogens is 190 g/mol. The Kier molecular flexibility index (Phi) is 1.59. The minimum Gasteiger partial charge on any atom is -0.454 e. The SMILES string of the molecule is O=Nc1cccc2c1oc1ccccc12. The van der Waals surface area contributed by atoms with E-state index in [0.717, 1.165) is 16.4 Å². The van der Waals surface area contributed by atoms with Gasteiger partial charge in [0.2, 0.25) is 0 Å². The zero-order chi connectivity index (χ0) is 10.3. The van der Waals surface area contributed by atoms with Crippen LogP contribution in [0.25, 0.3) is 21.9 Å². The van der Waals surface area contributed by atoms with Gasteiger partial charge in [-0.1, -0.05) is 30.3 Å². The van der Waals surface area contributed by atoms with E-state index in [-0.39, 0.29) is 0 Å². The smallest absolute Gasteiger partial charge is 0.164 e. The number of nitrogens with zero attached hydrogens (tertiary/aromatic N) is 1. The molecule has 3 nitrogen and oxygen atoms in total. The molecule has 15 heavy (non-hydrogen) atoms. The summed E-state index contributed by atoms with van der Waals surface area (Å²) >= 11 is 0. The van der Waals surface area contributed by atoms with Crippen LogP contribution in [0.3, 0.4) is 0 Å². The molecule has 0 unspecified atom stereocenters. The van der Waals surface area contributed by atoms with Gasteiger partial charge in [0.1, 0.15) is 5.58 Å². The second-order valence-electron chi connectivity index (χ2n) is 3.34. The molecule has 0 aliphatic carbocycles. The Balaban J connectivity index is 2.59. The molecule has 1 heterocycles. The van der Waals surface area contributed by atoms with Crippen molar-refractivity contribution in [1.29, 1.82) is 0 Å². The van der Waals surface area contributed by atoms with E-state index in [1.54, 1.807) is 12.1 Å². The molecule has 2 aromatic carbocycles. The first-order valence-electron chi connectivity index (χ1n) is 4.64. The highest BCUT2D eigenvalue weighted by molar-refractivity contribution is 6.08. The van der Waals surface area contributed by atoms with Gasteiger partial charge >= 0.3 is 0 Å². The minimum absolute atomic E-state index is 0.351. The Morgan fingerprint density at radius 2 is 1.73 bits per heavy atom. The number of para-hydroxylation sites is 2.